The Balaban J connectivity index is 1.99. The molecule has 0 unspecified atom stereocenters. The van der Waals surface area contributed by atoms with Gasteiger partial charge in [-0.15, -0.1) is 0 Å². The van der Waals surface area contributed by atoms with Gasteiger partial charge in [0.1, 0.15) is 5.71 Å². The molecule has 0 saturated carbocycles. The molecule has 1 N–H and O–H groups in total. The van der Waals surface area contributed by atoms with Gasteiger partial charge in [0.15, 0.2) is 0 Å². The van der Waals surface area contributed by atoms with Crippen molar-refractivity contribution in [1.82, 2.24) is 9.46 Å². The highest BCUT2D eigenvalue weighted by Gasteiger charge is 2.22. The maximum absolute atomic E-state index is 13.1. The molecule has 0 aliphatic rings. The van der Waals surface area contributed by atoms with Crippen LogP contribution in [0.4, 0.5) is 8.63 Å². The lowest BCUT2D eigenvalue weighted by molar-refractivity contribution is 0.629. The van der Waals surface area contributed by atoms with E-state index in [2.05, 4.69) is 9.98 Å². The molecule has 0 bridgehead atoms. The predicted molar refractivity (Wildman–Crippen MR) is 84.4 cm³/mol. The summed E-state index contributed by atoms with van der Waals surface area (Å²) in [6.45, 7) is 0.434. The Morgan fingerprint density at radius 2 is 1.86 bits per heavy atom. The van der Waals surface area contributed by atoms with Crippen molar-refractivity contribution in [2.75, 3.05) is 0 Å². The summed E-state index contributed by atoms with van der Waals surface area (Å²) in [6.07, 6.45) is 3.12. The van der Waals surface area contributed by atoms with E-state index < -0.39 is 7.40 Å². The van der Waals surface area contributed by atoms with Crippen molar-refractivity contribution in [2.24, 2.45) is 4.99 Å². The molecule has 2 aromatic heterocycles. The second-order valence-electron chi connectivity index (χ2n) is 4.81. The van der Waals surface area contributed by atoms with Crippen LogP contribution in [0.3, 0.4) is 0 Å². The smallest absolute Gasteiger partial charge is 0.360 e. The molecule has 0 atom stereocenters. The fourth-order valence-electron chi connectivity index (χ4n) is 2.30. The molecule has 1 aromatic carbocycles. The number of hydrogen-bond acceptors (Lipinski definition) is 1. The van der Waals surface area contributed by atoms with E-state index in [0.717, 1.165) is 15.7 Å². The van der Waals surface area contributed by atoms with Crippen molar-refractivity contribution in [3.05, 3.63) is 83.9 Å². The van der Waals surface area contributed by atoms with Gasteiger partial charge in [0.2, 0.25) is 0 Å². The summed E-state index contributed by atoms with van der Waals surface area (Å²) in [7, 11) is -2.60. The van der Waals surface area contributed by atoms with E-state index in [-0.39, 0.29) is 0 Å². The normalized spacial score (nSPS) is 11.6. The number of halogens is 2. The van der Waals surface area contributed by atoms with Crippen molar-refractivity contribution in [2.45, 2.75) is 6.54 Å². The number of hydrogen-bond donors (Lipinski definition) is 1. The Kier molecular flexibility index (Phi) is 4.18. The monoisotopic (exact) mass is 297 g/mol. The van der Waals surface area contributed by atoms with Gasteiger partial charge in [-0.3, -0.25) is 13.6 Å². The number of rotatable bonds is 5. The Morgan fingerprint density at radius 1 is 1.05 bits per heavy atom. The van der Waals surface area contributed by atoms with Crippen molar-refractivity contribution in [3.63, 3.8) is 0 Å². The van der Waals surface area contributed by atoms with Crippen molar-refractivity contribution in [1.29, 1.82) is 0 Å². The van der Waals surface area contributed by atoms with Crippen LogP contribution >= 0.6 is 0 Å². The standard InChI is InChI=1S/C16H14BF2N3/c18-17(19)22-11-5-9-15(22)16(14-8-4-10-20-14)21-12-13-6-2-1-3-7-13/h1-11,20H,12H2. The molecule has 3 nitrogen and oxygen atoms in total. The second-order valence-corrected chi connectivity index (χ2v) is 4.81. The van der Waals surface area contributed by atoms with Crippen LogP contribution in [0.2, 0.25) is 0 Å². The van der Waals surface area contributed by atoms with Crippen molar-refractivity contribution in [3.8, 4) is 0 Å². The Bertz CT molecular complexity index is 749. The molecule has 3 rings (SSSR count). The quantitative estimate of drug-likeness (QED) is 0.551. The number of aromatic amines is 1. The van der Waals surface area contributed by atoms with E-state index >= 15 is 0 Å². The van der Waals surface area contributed by atoms with Gasteiger partial charge in [-0.05, 0) is 36.0 Å². The first kappa shape index (κ1) is 14.3. The first-order chi connectivity index (χ1) is 10.8. The summed E-state index contributed by atoms with van der Waals surface area (Å²) < 4.78 is 27.2. The van der Waals surface area contributed by atoms with E-state index in [1.54, 1.807) is 18.3 Å². The number of nitrogens with one attached hydrogen (secondary N) is 1. The highest BCUT2D eigenvalue weighted by atomic mass is 19.2. The number of aliphatic imine (C=N–C) groups is 1. The van der Waals surface area contributed by atoms with Gasteiger partial charge in [0.05, 0.1) is 17.9 Å². The first-order valence-corrected chi connectivity index (χ1v) is 6.93. The molecule has 22 heavy (non-hydrogen) atoms. The molecule has 110 valence electrons. The van der Waals surface area contributed by atoms with Crippen LogP contribution in [-0.2, 0) is 6.54 Å². The van der Waals surface area contributed by atoms with E-state index in [1.165, 1.54) is 6.20 Å². The average Bonchev–Trinajstić information content (AvgIpc) is 3.20. The van der Waals surface area contributed by atoms with Gasteiger partial charge < -0.3 is 9.46 Å². The van der Waals surface area contributed by atoms with E-state index in [0.29, 0.717) is 18.0 Å². The Morgan fingerprint density at radius 3 is 2.55 bits per heavy atom. The average molecular weight is 297 g/mol. The van der Waals surface area contributed by atoms with Crippen molar-refractivity contribution >= 4 is 13.1 Å². The van der Waals surface area contributed by atoms with Gasteiger partial charge in [-0.2, -0.15) is 0 Å². The summed E-state index contributed by atoms with van der Waals surface area (Å²) >= 11 is 0. The van der Waals surface area contributed by atoms with Crippen LogP contribution in [0.5, 0.6) is 0 Å². The molecule has 0 aliphatic heterocycles. The van der Waals surface area contributed by atoms with Gasteiger partial charge in [0, 0.05) is 6.20 Å². The summed E-state index contributed by atoms with van der Waals surface area (Å²) in [6, 6.07) is 16.6. The third-order valence-corrected chi connectivity index (χ3v) is 3.35. The highest BCUT2D eigenvalue weighted by molar-refractivity contribution is 6.42. The molecule has 2 heterocycles. The van der Waals surface area contributed by atoms with Crippen LogP contribution in [0.1, 0.15) is 17.0 Å². The van der Waals surface area contributed by atoms with Gasteiger partial charge in [-0.1, -0.05) is 30.3 Å². The van der Waals surface area contributed by atoms with Crippen LogP contribution < -0.4 is 0 Å². The molecule has 0 saturated heterocycles. The number of aromatic nitrogens is 2. The van der Waals surface area contributed by atoms with Crippen LogP contribution in [0.25, 0.3) is 0 Å². The topological polar surface area (TPSA) is 33.1 Å². The zero-order chi connectivity index (χ0) is 15.4. The zero-order valence-corrected chi connectivity index (χ0v) is 11.8. The summed E-state index contributed by atoms with van der Waals surface area (Å²) in [4.78, 5) is 7.59. The molecule has 6 heteroatoms. The van der Waals surface area contributed by atoms with Crippen molar-refractivity contribution < 1.29 is 8.63 Å². The molecule has 0 radical (unpaired) electrons. The Hall–Kier alpha value is -2.63. The van der Waals surface area contributed by atoms with Gasteiger partial charge in [-0.25, -0.2) is 0 Å². The SMILES string of the molecule is FB(F)n1cccc1C(=NCc1ccccc1)c1ccc[nH]1. The minimum absolute atomic E-state index is 0.397. The van der Waals surface area contributed by atoms with Gasteiger partial charge in [0.25, 0.3) is 0 Å². The maximum atomic E-state index is 13.1. The fraction of sp³-hybridized carbons (Fsp3) is 0.0625. The lowest BCUT2D eigenvalue weighted by Gasteiger charge is -2.09. The lowest BCUT2D eigenvalue weighted by Crippen LogP contribution is -2.19. The second kappa shape index (κ2) is 6.43. The minimum atomic E-state index is -2.60. The molecular formula is C16H14BF2N3. The Labute approximate surface area is 127 Å². The minimum Gasteiger partial charge on any atom is -0.360 e. The molecule has 0 aliphatic carbocycles. The lowest BCUT2D eigenvalue weighted by atomic mass is 10.1. The van der Waals surface area contributed by atoms with E-state index in [4.69, 9.17) is 0 Å². The van der Waals surface area contributed by atoms with E-state index in [1.807, 2.05) is 42.5 Å². The third kappa shape index (κ3) is 3.00. The maximum Gasteiger partial charge on any atom is 0.677 e. The highest BCUT2D eigenvalue weighted by Crippen LogP contribution is 2.14. The van der Waals surface area contributed by atoms with Crippen LogP contribution in [0, 0.1) is 0 Å². The number of nitrogens with zero attached hydrogens (tertiary/aromatic N) is 2. The molecule has 0 amide bonds. The first-order valence-electron chi connectivity index (χ1n) is 6.93. The predicted octanol–water partition coefficient (Wildman–Crippen LogP) is 3.63. The zero-order valence-electron chi connectivity index (χ0n) is 11.8. The number of H-pyrrole nitrogens is 1. The summed E-state index contributed by atoms with van der Waals surface area (Å²) in [5.74, 6) is 0. The molecular weight excluding hydrogens is 283 g/mol. The van der Waals surface area contributed by atoms with E-state index in [9.17, 15) is 8.63 Å². The molecule has 0 spiro atoms. The third-order valence-electron chi connectivity index (χ3n) is 3.35. The summed E-state index contributed by atoms with van der Waals surface area (Å²) in [5.41, 5.74) is 2.67. The largest absolute Gasteiger partial charge is 0.677 e. The van der Waals surface area contributed by atoms with Crippen LogP contribution in [0.15, 0.2) is 72.0 Å². The molecule has 3 aromatic rings. The summed E-state index contributed by atoms with van der Waals surface area (Å²) in [5, 5.41) is 0. The van der Waals surface area contributed by atoms with Gasteiger partial charge >= 0.3 is 7.40 Å². The number of benzene rings is 1. The fourth-order valence-corrected chi connectivity index (χ4v) is 2.30. The van der Waals surface area contributed by atoms with Crippen LogP contribution in [-0.4, -0.2) is 22.6 Å². The molecule has 0 fully saturated rings.